The van der Waals surface area contributed by atoms with Crippen molar-refractivity contribution in [1.82, 2.24) is 0 Å². The Morgan fingerprint density at radius 3 is 2.78 bits per heavy atom. The maximum Gasteiger partial charge on any atom is 0.0537 e. The molecular weight excluding hydrogens is 112 g/mol. The summed E-state index contributed by atoms with van der Waals surface area (Å²) in [5, 5.41) is 9.05. The molecule has 1 unspecified atom stereocenters. The van der Waals surface area contributed by atoms with E-state index in [1.807, 2.05) is 13.0 Å². The van der Waals surface area contributed by atoms with Crippen molar-refractivity contribution in [2.75, 3.05) is 0 Å². The first-order valence-corrected chi connectivity index (χ1v) is 3.60. The van der Waals surface area contributed by atoms with Gasteiger partial charge in [0.2, 0.25) is 0 Å². The standard InChI is InChI=1S/C8H16O/c1-3-5-6-7-8(9)4-2/h3,8-9H,1,4-7H2,2H3. The summed E-state index contributed by atoms with van der Waals surface area (Å²) in [4.78, 5) is 0. The van der Waals surface area contributed by atoms with E-state index in [1.54, 1.807) is 0 Å². The van der Waals surface area contributed by atoms with Crippen LogP contribution in [0, 0.1) is 0 Å². The van der Waals surface area contributed by atoms with Gasteiger partial charge in [0.05, 0.1) is 6.10 Å². The number of unbranched alkanes of at least 4 members (excludes halogenated alkanes) is 1. The van der Waals surface area contributed by atoms with Crippen molar-refractivity contribution in [3.8, 4) is 0 Å². The molecular formula is C8H16O. The zero-order valence-corrected chi connectivity index (χ0v) is 6.14. The van der Waals surface area contributed by atoms with Gasteiger partial charge in [-0.25, -0.2) is 0 Å². The first-order valence-electron chi connectivity index (χ1n) is 3.60. The van der Waals surface area contributed by atoms with Crippen LogP contribution < -0.4 is 0 Å². The summed E-state index contributed by atoms with van der Waals surface area (Å²) in [5.74, 6) is 0. The van der Waals surface area contributed by atoms with Crippen molar-refractivity contribution in [1.29, 1.82) is 0 Å². The van der Waals surface area contributed by atoms with Crippen LogP contribution in [0.3, 0.4) is 0 Å². The molecule has 0 aromatic heterocycles. The van der Waals surface area contributed by atoms with E-state index >= 15 is 0 Å². The van der Waals surface area contributed by atoms with Crippen LogP contribution in [0.4, 0.5) is 0 Å². The van der Waals surface area contributed by atoms with Gasteiger partial charge in [-0.05, 0) is 25.7 Å². The minimum absolute atomic E-state index is 0.0926. The second-order valence-corrected chi connectivity index (χ2v) is 2.28. The molecule has 0 rings (SSSR count). The summed E-state index contributed by atoms with van der Waals surface area (Å²) in [6.45, 7) is 5.60. The summed E-state index contributed by atoms with van der Waals surface area (Å²) >= 11 is 0. The molecule has 0 saturated heterocycles. The monoisotopic (exact) mass is 128 g/mol. The van der Waals surface area contributed by atoms with E-state index in [0.29, 0.717) is 0 Å². The summed E-state index contributed by atoms with van der Waals surface area (Å²) < 4.78 is 0. The molecule has 0 saturated carbocycles. The Labute approximate surface area is 57.4 Å². The third-order valence-electron chi connectivity index (χ3n) is 1.42. The molecule has 54 valence electrons. The predicted octanol–water partition coefficient (Wildman–Crippen LogP) is 2.11. The first kappa shape index (κ1) is 8.70. The van der Waals surface area contributed by atoms with Gasteiger partial charge in [0.15, 0.2) is 0 Å². The second kappa shape index (κ2) is 5.83. The number of hydrogen-bond donors (Lipinski definition) is 1. The minimum atomic E-state index is -0.0926. The highest BCUT2D eigenvalue weighted by Gasteiger charge is 1.97. The largest absolute Gasteiger partial charge is 0.393 e. The lowest BCUT2D eigenvalue weighted by atomic mass is 10.1. The highest BCUT2D eigenvalue weighted by atomic mass is 16.3. The highest BCUT2D eigenvalue weighted by Crippen LogP contribution is 2.03. The fourth-order valence-corrected chi connectivity index (χ4v) is 0.702. The number of aliphatic hydroxyl groups excluding tert-OH is 1. The van der Waals surface area contributed by atoms with Gasteiger partial charge in [-0.15, -0.1) is 6.58 Å². The number of allylic oxidation sites excluding steroid dienone is 1. The molecule has 0 radical (unpaired) electrons. The molecule has 0 aromatic rings. The van der Waals surface area contributed by atoms with Gasteiger partial charge in [-0.2, -0.15) is 0 Å². The van der Waals surface area contributed by atoms with Crippen molar-refractivity contribution in [2.45, 2.75) is 38.7 Å². The highest BCUT2D eigenvalue weighted by molar-refractivity contribution is 4.66. The Morgan fingerprint density at radius 1 is 1.67 bits per heavy atom. The number of hydrogen-bond acceptors (Lipinski definition) is 1. The van der Waals surface area contributed by atoms with Crippen LogP contribution in [0.15, 0.2) is 12.7 Å². The van der Waals surface area contributed by atoms with Gasteiger partial charge in [0, 0.05) is 0 Å². The van der Waals surface area contributed by atoms with Gasteiger partial charge in [-0.1, -0.05) is 13.0 Å². The Hall–Kier alpha value is -0.300. The predicted molar refractivity (Wildman–Crippen MR) is 40.3 cm³/mol. The molecule has 1 nitrogen and oxygen atoms in total. The summed E-state index contributed by atoms with van der Waals surface area (Å²) in [6, 6.07) is 0. The van der Waals surface area contributed by atoms with Crippen molar-refractivity contribution >= 4 is 0 Å². The maximum absolute atomic E-state index is 9.05. The Morgan fingerprint density at radius 2 is 2.33 bits per heavy atom. The summed E-state index contributed by atoms with van der Waals surface area (Å²) in [6.07, 6.45) is 5.68. The molecule has 1 N–H and O–H groups in total. The molecule has 0 fully saturated rings. The Kier molecular flexibility index (Phi) is 5.64. The topological polar surface area (TPSA) is 20.2 Å². The smallest absolute Gasteiger partial charge is 0.0537 e. The van der Waals surface area contributed by atoms with Crippen molar-refractivity contribution in [2.24, 2.45) is 0 Å². The molecule has 1 heteroatoms. The van der Waals surface area contributed by atoms with E-state index in [1.165, 1.54) is 0 Å². The van der Waals surface area contributed by atoms with Gasteiger partial charge in [0.25, 0.3) is 0 Å². The van der Waals surface area contributed by atoms with Crippen LogP contribution in [0.5, 0.6) is 0 Å². The van der Waals surface area contributed by atoms with Crippen LogP contribution in [0.25, 0.3) is 0 Å². The minimum Gasteiger partial charge on any atom is -0.393 e. The third-order valence-corrected chi connectivity index (χ3v) is 1.42. The van der Waals surface area contributed by atoms with E-state index in [-0.39, 0.29) is 6.10 Å². The average Bonchev–Trinajstić information content (AvgIpc) is 1.89. The summed E-state index contributed by atoms with van der Waals surface area (Å²) in [5.41, 5.74) is 0. The fourth-order valence-electron chi connectivity index (χ4n) is 0.702. The zero-order chi connectivity index (χ0) is 7.11. The van der Waals surface area contributed by atoms with Gasteiger partial charge >= 0.3 is 0 Å². The van der Waals surface area contributed by atoms with Gasteiger partial charge < -0.3 is 5.11 Å². The van der Waals surface area contributed by atoms with Crippen LogP contribution in [0.1, 0.15) is 32.6 Å². The van der Waals surface area contributed by atoms with Crippen LogP contribution in [-0.2, 0) is 0 Å². The molecule has 0 bridgehead atoms. The molecule has 0 spiro atoms. The molecule has 0 aliphatic heterocycles. The van der Waals surface area contributed by atoms with Crippen LogP contribution in [0.2, 0.25) is 0 Å². The lowest BCUT2D eigenvalue weighted by molar-refractivity contribution is 0.158. The lowest BCUT2D eigenvalue weighted by Crippen LogP contribution is -2.02. The Bertz CT molecular complexity index is 69.0. The molecule has 1 atom stereocenters. The molecule has 9 heavy (non-hydrogen) atoms. The van der Waals surface area contributed by atoms with Crippen LogP contribution in [-0.4, -0.2) is 11.2 Å². The molecule has 0 aliphatic rings. The average molecular weight is 128 g/mol. The number of aliphatic hydroxyl groups is 1. The molecule has 0 amide bonds. The van der Waals surface area contributed by atoms with E-state index in [2.05, 4.69) is 6.58 Å². The van der Waals surface area contributed by atoms with E-state index < -0.39 is 0 Å². The van der Waals surface area contributed by atoms with E-state index in [0.717, 1.165) is 25.7 Å². The lowest BCUT2D eigenvalue weighted by Gasteiger charge is -2.04. The van der Waals surface area contributed by atoms with Crippen molar-refractivity contribution < 1.29 is 5.11 Å². The van der Waals surface area contributed by atoms with Crippen molar-refractivity contribution in [3.63, 3.8) is 0 Å². The molecule has 0 heterocycles. The molecule has 0 aliphatic carbocycles. The van der Waals surface area contributed by atoms with Crippen LogP contribution >= 0.6 is 0 Å². The van der Waals surface area contributed by atoms with Gasteiger partial charge in [-0.3, -0.25) is 0 Å². The first-order chi connectivity index (χ1) is 4.31. The quantitative estimate of drug-likeness (QED) is 0.444. The number of rotatable bonds is 5. The zero-order valence-electron chi connectivity index (χ0n) is 6.14. The maximum atomic E-state index is 9.05. The molecule has 0 aromatic carbocycles. The third kappa shape index (κ3) is 5.57. The summed E-state index contributed by atoms with van der Waals surface area (Å²) in [7, 11) is 0. The van der Waals surface area contributed by atoms with Crippen molar-refractivity contribution in [3.05, 3.63) is 12.7 Å². The van der Waals surface area contributed by atoms with Gasteiger partial charge in [0.1, 0.15) is 0 Å². The Balaban J connectivity index is 2.96. The van der Waals surface area contributed by atoms with E-state index in [9.17, 15) is 0 Å². The normalized spacial score (nSPS) is 13.1. The fraction of sp³-hybridized carbons (Fsp3) is 0.750. The SMILES string of the molecule is C=CCCCC(O)CC. The van der Waals surface area contributed by atoms with E-state index in [4.69, 9.17) is 5.11 Å². The second-order valence-electron chi connectivity index (χ2n) is 2.28.